The van der Waals surface area contributed by atoms with Gasteiger partial charge in [-0.3, -0.25) is 14.2 Å². The van der Waals surface area contributed by atoms with Gasteiger partial charge in [-0.05, 0) is 42.8 Å². The molecule has 0 aliphatic carbocycles. The Morgan fingerprint density at radius 2 is 1.86 bits per heavy atom. The van der Waals surface area contributed by atoms with Gasteiger partial charge < -0.3 is 9.47 Å². The largest absolute Gasteiger partial charge is 0.368 e. The number of anilines is 1. The highest BCUT2D eigenvalue weighted by Gasteiger charge is 2.24. The maximum Gasteiger partial charge on any atom is 0.255 e. The Balaban J connectivity index is 1.44. The molecule has 1 aliphatic heterocycles. The van der Waals surface area contributed by atoms with Crippen LogP contribution in [0.4, 0.5) is 5.69 Å². The minimum atomic E-state index is -3.06. The van der Waals surface area contributed by atoms with E-state index in [-0.39, 0.29) is 22.8 Å². The number of rotatable bonds is 7. The first kappa shape index (κ1) is 24.5. The molecule has 1 aliphatic rings. The summed E-state index contributed by atoms with van der Waals surface area (Å²) in [6, 6.07) is 14.1. The van der Waals surface area contributed by atoms with Crippen molar-refractivity contribution in [2.75, 3.05) is 29.5 Å². The Bertz CT molecular complexity index is 1580. The summed E-state index contributed by atoms with van der Waals surface area (Å²) in [6.07, 6.45) is 6.07. The lowest BCUT2D eigenvalue weighted by molar-refractivity contribution is 0.0986. The normalized spacial score (nSPS) is 15.2. The molecule has 0 spiro atoms. The zero-order valence-corrected chi connectivity index (χ0v) is 21.6. The van der Waals surface area contributed by atoms with Crippen molar-refractivity contribution in [2.24, 2.45) is 0 Å². The molecule has 11 heteroatoms. The molecule has 0 saturated carbocycles. The Kier molecular flexibility index (Phi) is 6.83. The number of imidazole rings is 1. The van der Waals surface area contributed by atoms with Gasteiger partial charge in [0.2, 0.25) is 0 Å². The molecule has 1 aromatic carbocycles. The van der Waals surface area contributed by atoms with E-state index in [2.05, 4.69) is 4.98 Å². The molecular formula is C25H23ClN4O4S2. The molecule has 0 amide bonds. The number of benzene rings is 1. The first-order chi connectivity index (χ1) is 17.3. The maximum atomic E-state index is 12.5. The van der Waals surface area contributed by atoms with E-state index in [4.69, 9.17) is 11.6 Å². The van der Waals surface area contributed by atoms with E-state index in [1.54, 1.807) is 41.4 Å². The molecule has 1 fully saturated rings. The second-order valence-corrected chi connectivity index (χ2v) is 12.5. The topological polar surface area (TPSA) is 94.3 Å². The fourth-order valence-corrected chi connectivity index (χ4v) is 6.39. The van der Waals surface area contributed by atoms with Crippen LogP contribution < -0.4 is 10.5 Å². The van der Waals surface area contributed by atoms with Crippen LogP contribution in [-0.2, 0) is 16.3 Å². The number of pyridine rings is 1. The van der Waals surface area contributed by atoms with Crippen LogP contribution in [0.25, 0.3) is 11.4 Å². The number of sulfone groups is 1. The number of halogens is 1. The van der Waals surface area contributed by atoms with Gasteiger partial charge in [0.15, 0.2) is 15.6 Å². The van der Waals surface area contributed by atoms with Crippen LogP contribution in [0, 0.1) is 0 Å². The Labute approximate surface area is 217 Å². The molecule has 0 atom stereocenters. The highest BCUT2D eigenvalue weighted by Crippen LogP contribution is 2.29. The van der Waals surface area contributed by atoms with Gasteiger partial charge in [0.1, 0.15) is 0 Å². The predicted octanol–water partition coefficient (Wildman–Crippen LogP) is 3.79. The van der Waals surface area contributed by atoms with Gasteiger partial charge in [0.05, 0.1) is 49.8 Å². The Morgan fingerprint density at radius 1 is 1.06 bits per heavy atom. The summed E-state index contributed by atoms with van der Waals surface area (Å²) >= 11 is 7.21. The van der Waals surface area contributed by atoms with Crippen molar-refractivity contribution in [3.8, 4) is 11.4 Å². The standard InChI is InChI=1S/C25H23ClN4O4S2/c26-24-9-8-23(35-24)22(31)7-4-18-16-29(17-27-18)20-6-5-19(30-10-2-1-3-25(30)32)15-21(20)28-11-13-36(33,34)14-12-28/h1-3,5-6,8-10,15-17H,4,7,11-14H2. The molecule has 0 bridgehead atoms. The lowest BCUT2D eigenvalue weighted by Crippen LogP contribution is -2.40. The van der Waals surface area contributed by atoms with Crippen LogP contribution in [0.3, 0.4) is 0 Å². The number of hydrogen-bond donors (Lipinski definition) is 0. The summed E-state index contributed by atoms with van der Waals surface area (Å²) in [6.45, 7) is 0.726. The summed E-state index contributed by atoms with van der Waals surface area (Å²) in [7, 11) is -3.06. The van der Waals surface area contributed by atoms with Crippen molar-refractivity contribution < 1.29 is 13.2 Å². The number of carbonyl (C=O) groups is 1. The molecule has 36 heavy (non-hydrogen) atoms. The van der Waals surface area contributed by atoms with Crippen LogP contribution in [0.5, 0.6) is 0 Å². The van der Waals surface area contributed by atoms with Crippen molar-refractivity contribution >= 4 is 44.2 Å². The van der Waals surface area contributed by atoms with Crippen molar-refractivity contribution in [2.45, 2.75) is 12.8 Å². The van der Waals surface area contributed by atoms with Gasteiger partial charge in [-0.15, -0.1) is 11.3 Å². The lowest BCUT2D eigenvalue weighted by atomic mass is 10.1. The quantitative estimate of drug-likeness (QED) is 0.330. The number of ketones is 1. The summed E-state index contributed by atoms with van der Waals surface area (Å²) in [5, 5.41) is 0. The molecular weight excluding hydrogens is 520 g/mol. The number of Topliss-reactive ketones (excluding diaryl/α,β-unsaturated/α-hetero) is 1. The second kappa shape index (κ2) is 10.0. The first-order valence-corrected chi connectivity index (χ1v) is 14.4. The van der Waals surface area contributed by atoms with E-state index in [0.29, 0.717) is 40.8 Å². The molecule has 5 rings (SSSR count). The fourth-order valence-electron chi connectivity index (χ4n) is 4.18. The van der Waals surface area contributed by atoms with Gasteiger partial charge in [0, 0.05) is 38.0 Å². The predicted molar refractivity (Wildman–Crippen MR) is 142 cm³/mol. The molecule has 4 heterocycles. The fraction of sp³-hybridized carbons (Fsp3) is 0.240. The molecule has 186 valence electrons. The summed E-state index contributed by atoms with van der Waals surface area (Å²) < 4.78 is 28.1. The molecule has 4 aromatic rings. The van der Waals surface area contributed by atoms with Crippen molar-refractivity contribution in [3.05, 3.63) is 92.5 Å². The zero-order chi connectivity index (χ0) is 25.3. The molecule has 8 nitrogen and oxygen atoms in total. The van der Waals surface area contributed by atoms with E-state index in [1.807, 2.05) is 33.9 Å². The van der Waals surface area contributed by atoms with Crippen molar-refractivity contribution in [1.82, 2.24) is 14.1 Å². The lowest BCUT2D eigenvalue weighted by Gasteiger charge is -2.31. The minimum absolute atomic E-state index is 0.0225. The molecule has 3 aromatic heterocycles. The van der Waals surface area contributed by atoms with Crippen molar-refractivity contribution in [3.63, 3.8) is 0 Å². The highest BCUT2D eigenvalue weighted by atomic mass is 35.5. The van der Waals surface area contributed by atoms with Gasteiger partial charge in [-0.25, -0.2) is 13.4 Å². The van der Waals surface area contributed by atoms with Gasteiger partial charge in [-0.2, -0.15) is 0 Å². The SMILES string of the molecule is O=C(CCc1cn(-c2ccc(-n3ccccc3=O)cc2N2CCS(=O)(=O)CC2)cn1)c1ccc(Cl)s1. The smallest absolute Gasteiger partial charge is 0.255 e. The van der Waals surface area contributed by atoms with Gasteiger partial charge >= 0.3 is 0 Å². The number of carbonyl (C=O) groups excluding carboxylic acids is 1. The molecule has 0 N–H and O–H groups in total. The van der Waals surface area contributed by atoms with E-state index >= 15 is 0 Å². The molecule has 0 radical (unpaired) electrons. The van der Waals surface area contributed by atoms with Gasteiger partial charge in [-0.1, -0.05) is 17.7 Å². The number of nitrogens with zero attached hydrogens (tertiary/aromatic N) is 4. The number of aromatic nitrogens is 3. The first-order valence-electron chi connectivity index (χ1n) is 11.4. The van der Waals surface area contributed by atoms with Crippen LogP contribution in [-0.4, -0.2) is 52.9 Å². The number of hydrogen-bond acceptors (Lipinski definition) is 7. The summed E-state index contributed by atoms with van der Waals surface area (Å²) in [5.74, 6) is 0.173. The third-order valence-corrected chi connectivity index (χ3v) is 9.00. The second-order valence-electron chi connectivity index (χ2n) is 8.52. The summed E-state index contributed by atoms with van der Waals surface area (Å²) in [5.41, 5.74) is 2.93. The summed E-state index contributed by atoms with van der Waals surface area (Å²) in [4.78, 5) is 32.0. The highest BCUT2D eigenvalue weighted by molar-refractivity contribution is 7.91. The Morgan fingerprint density at radius 3 is 2.58 bits per heavy atom. The van der Waals surface area contributed by atoms with Crippen LogP contribution in [0.1, 0.15) is 21.8 Å². The van der Waals surface area contributed by atoms with Crippen LogP contribution in [0.2, 0.25) is 4.34 Å². The molecule has 1 saturated heterocycles. The average molecular weight is 543 g/mol. The third-order valence-electron chi connectivity index (χ3n) is 6.12. The van der Waals surface area contributed by atoms with E-state index < -0.39 is 9.84 Å². The van der Waals surface area contributed by atoms with Crippen LogP contribution in [0.15, 0.2) is 72.0 Å². The maximum absolute atomic E-state index is 12.5. The molecule has 0 unspecified atom stereocenters. The van der Waals surface area contributed by atoms with E-state index in [0.717, 1.165) is 17.1 Å². The minimum Gasteiger partial charge on any atom is -0.368 e. The third kappa shape index (κ3) is 5.30. The van der Waals surface area contributed by atoms with Crippen LogP contribution >= 0.6 is 22.9 Å². The Hall–Kier alpha value is -3.21. The van der Waals surface area contributed by atoms with Crippen molar-refractivity contribution in [1.29, 1.82) is 0 Å². The van der Waals surface area contributed by atoms with E-state index in [1.165, 1.54) is 17.4 Å². The van der Waals surface area contributed by atoms with Gasteiger partial charge in [0.25, 0.3) is 5.56 Å². The average Bonchev–Trinajstić information content (AvgIpc) is 3.52. The monoisotopic (exact) mass is 542 g/mol. The van der Waals surface area contributed by atoms with E-state index in [9.17, 15) is 18.0 Å². The zero-order valence-electron chi connectivity index (χ0n) is 19.2. The number of thiophene rings is 1. The number of aryl methyl sites for hydroxylation is 1.